The molecule has 0 bridgehead atoms. The Kier molecular flexibility index (Phi) is 4.22. The second kappa shape index (κ2) is 6.16. The lowest BCUT2D eigenvalue weighted by atomic mass is 9.99. The van der Waals surface area contributed by atoms with Crippen molar-refractivity contribution in [2.24, 2.45) is 7.05 Å². The van der Waals surface area contributed by atoms with Gasteiger partial charge in [-0.3, -0.25) is 9.48 Å². The second-order valence-electron chi connectivity index (χ2n) is 6.48. The zero-order valence-corrected chi connectivity index (χ0v) is 14.3. The van der Waals surface area contributed by atoms with Crippen LogP contribution in [0.25, 0.3) is 0 Å². The topological polar surface area (TPSA) is 51.4 Å². The number of aryl methyl sites for hydroxylation is 2. The molecule has 1 aromatic heterocycles. The molecule has 3 rings (SSSR count). The van der Waals surface area contributed by atoms with Gasteiger partial charge in [-0.2, -0.15) is 5.10 Å². The molecule has 2 aromatic rings. The van der Waals surface area contributed by atoms with Gasteiger partial charge < -0.3 is 10.2 Å². The quantitative estimate of drug-likeness (QED) is 0.888. The molecule has 1 amide bonds. The van der Waals surface area contributed by atoms with Crippen molar-refractivity contribution in [1.29, 1.82) is 0 Å². The van der Waals surface area contributed by atoms with Gasteiger partial charge in [0, 0.05) is 19.0 Å². The summed E-state index contributed by atoms with van der Waals surface area (Å²) in [7, 11) is 1.90. The number of nitrogens with one attached hydrogen (secondary N) is 2. The van der Waals surface area contributed by atoms with Crippen LogP contribution in [0.2, 0.25) is 0 Å². The Labute approximate surface area is 137 Å². The third-order valence-electron chi connectivity index (χ3n) is 5.01. The molecule has 0 fully saturated rings. The molecule has 0 saturated heterocycles. The Hall–Kier alpha value is -2.14. The Morgan fingerprint density at radius 2 is 2.00 bits per heavy atom. The van der Waals surface area contributed by atoms with Crippen LogP contribution >= 0.6 is 0 Å². The summed E-state index contributed by atoms with van der Waals surface area (Å²) in [6.07, 6.45) is 1.04. The summed E-state index contributed by atoms with van der Waals surface area (Å²) < 4.78 is 1.81. The van der Waals surface area contributed by atoms with Crippen LogP contribution in [0.15, 0.2) is 24.3 Å². The molecule has 0 aliphatic carbocycles. The van der Waals surface area contributed by atoms with Crippen LogP contribution < -0.4 is 10.2 Å². The Bertz CT molecular complexity index is 735. The fraction of sp³-hybridized carbons (Fsp3) is 0.444. The van der Waals surface area contributed by atoms with Gasteiger partial charge in [0.15, 0.2) is 6.04 Å². The maximum atomic E-state index is 12.7. The molecule has 2 atom stereocenters. The highest BCUT2D eigenvalue weighted by Crippen LogP contribution is 2.18. The summed E-state index contributed by atoms with van der Waals surface area (Å²) in [4.78, 5) is 14.0. The molecule has 0 radical (unpaired) electrons. The highest BCUT2D eigenvalue weighted by molar-refractivity contribution is 5.94. The molecule has 2 N–H and O–H groups in total. The van der Waals surface area contributed by atoms with E-state index in [4.69, 9.17) is 0 Å². The fourth-order valence-corrected chi connectivity index (χ4v) is 3.34. The van der Waals surface area contributed by atoms with E-state index in [1.54, 1.807) is 4.68 Å². The van der Waals surface area contributed by atoms with Gasteiger partial charge in [0.2, 0.25) is 0 Å². The van der Waals surface area contributed by atoms with Gasteiger partial charge >= 0.3 is 0 Å². The summed E-state index contributed by atoms with van der Waals surface area (Å²) in [6.45, 7) is 7.83. The molecule has 1 aliphatic rings. The van der Waals surface area contributed by atoms with Crippen molar-refractivity contribution in [3.05, 3.63) is 46.8 Å². The molecule has 5 nitrogen and oxygen atoms in total. The molecule has 23 heavy (non-hydrogen) atoms. The first-order valence-electron chi connectivity index (χ1n) is 8.19. The third-order valence-corrected chi connectivity index (χ3v) is 5.01. The lowest BCUT2D eigenvalue weighted by Gasteiger charge is -2.30. The van der Waals surface area contributed by atoms with Gasteiger partial charge in [-0.15, -0.1) is 0 Å². The normalized spacial score (nSPS) is 18.3. The van der Waals surface area contributed by atoms with Crippen LogP contribution in [0.4, 0.5) is 5.69 Å². The summed E-state index contributed by atoms with van der Waals surface area (Å²) >= 11 is 0. The first-order chi connectivity index (χ1) is 11.0. The van der Waals surface area contributed by atoms with Gasteiger partial charge in [-0.05, 0) is 26.3 Å². The minimum Gasteiger partial charge on any atom is -0.321 e. The van der Waals surface area contributed by atoms with Gasteiger partial charge in [0.1, 0.15) is 6.54 Å². The number of carbonyl (C=O) groups is 1. The first kappa shape index (κ1) is 15.7. The number of aromatic nitrogens is 2. The molecule has 5 heteroatoms. The van der Waals surface area contributed by atoms with E-state index in [-0.39, 0.29) is 11.9 Å². The first-order valence-corrected chi connectivity index (χ1v) is 8.19. The van der Waals surface area contributed by atoms with E-state index >= 15 is 0 Å². The molecular weight excluding hydrogens is 288 g/mol. The molecular formula is C18H25N4O+. The predicted octanol–water partition coefficient (Wildman–Crippen LogP) is 1.01. The molecule has 1 unspecified atom stereocenters. The van der Waals surface area contributed by atoms with Crippen molar-refractivity contribution in [2.45, 2.75) is 39.8 Å². The highest BCUT2D eigenvalue weighted by Gasteiger charge is 2.29. The lowest BCUT2D eigenvalue weighted by molar-refractivity contribution is -0.929. The average molecular weight is 313 g/mol. The van der Waals surface area contributed by atoms with E-state index in [2.05, 4.69) is 34.7 Å². The fourth-order valence-electron chi connectivity index (χ4n) is 3.34. The SMILES string of the molecule is Cc1nn(C)c(C)c1NC(=O)[C@H](C)[NH+]1CCc2ccccc2C1. The maximum Gasteiger partial charge on any atom is 0.282 e. The zero-order chi connectivity index (χ0) is 16.6. The largest absolute Gasteiger partial charge is 0.321 e. The predicted molar refractivity (Wildman–Crippen MR) is 90.5 cm³/mol. The molecule has 0 spiro atoms. The van der Waals surface area contributed by atoms with Crippen LogP contribution in [-0.4, -0.2) is 28.3 Å². The van der Waals surface area contributed by atoms with Crippen LogP contribution in [0, 0.1) is 13.8 Å². The number of quaternary nitrogens is 1. The Morgan fingerprint density at radius 3 is 2.65 bits per heavy atom. The number of hydrogen-bond acceptors (Lipinski definition) is 2. The molecule has 0 saturated carbocycles. The maximum absolute atomic E-state index is 12.7. The number of amides is 1. The van der Waals surface area contributed by atoms with Crippen molar-refractivity contribution in [1.82, 2.24) is 9.78 Å². The lowest BCUT2D eigenvalue weighted by Crippen LogP contribution is -3.16. The van der Waals surface area contributed by atoms with Crippen LogP contribution in [0.5, 0.6) is 0 Å². The van der Waals surface area contributed by atoms with Crippen molar-refractivity contribution < 1.29 is 9.69 Å². The summed E-state index contributed by atoms with van der Waals surface area (Å²) in [5.41, 5.74) is 5.48. The van der Waals surface area contributed by atoms with Gasteiger partial charge in [-0.25, -0.2) is 0 Å². The average Bonchev–Trinajstić information content (AvgIpc) is 2.80. The monoisotopic (exact) mass is 313 g/mol. The van der Waals surface area contributed by atoms with Gasteiger partial charge in [0.05, 0.1) is 23.6 Å². The van der Waals surface area contributed by atoms with Gasteiger partial charge in [-0.1, -0.05) is 24.3 Å². The highest BCUT2D eigenvalue weighted by atomic mass is 16.2. The summed E-state index contributed by atoms with van der Waals surface area (Å²) in [6, 6.07) is 8.46. The van der Waals surface area contributed by atoms with E-state index in [1.807, 2.05) is 27.8 Å². The number of benzene rings is 1. The van der Waals surface area contributed by atoms with Crippen LogP contribution in [0.3, 0.4) is 0 Å². The number of nitrogens with zero attached hydrogens (tertiary/aromatic N) is 2. The number of hydrogen-bond donors (Lipinski definition) is 2. The number of rotatable bonds is 3. The molecule has 122 valence electrons. The standard InChI is InChI=1S/C18H24N4O/c1-12-17(13(2)21(4)20-12)19-18(23)14(3)22-10-9-15-7-5-6-8-16(15)11-22/h5-8,14H,9-11H2,1-4H3,(H,19,23)/p+1/t14-/m0/s1. The second-order valence-corrected chi connectivity index (χ2v) is 6.48. The number of carbonyl (C=O) groups excluding carboxylic acids is 1. The van der Waals surface area contributed by atoms with Crippen LogP contribution in [-0.2, 0) is 24.8 Å². The Morgan fingerprint density at radius 1 is 1.30 bits per heavy atom. The molecule has 1 aromatic carbocycles. The van der Waals surface area contributed by atoms with Crippen molar-refractivity contribution in [3.8, 4) is 0 Å². The van der Waals surface area contributed by atoms with Crippen molar-refractivity contribution in [2.75, 3.05) is 11.9 Å². The van der Waals surface area contributed by atoms with E-state index < -0.39 is 0 Å². The molecule has 2 heterocycles. The number of anilines is 1. The minimum absolute atomic E-state index is 0.0681. The minimum atomic E-state index is -0.0811. The van der Waals surface area contributed by atoms with E-state index in [1.165, 1.54) is 16.0 Å². The smallest absolute Gasteiger partial charge is 0.282 e. The van der Waals surface area contributed by atoms with Crippen LogP contribution in [0.1, 0.15) is 29.4 Å². The zero-order valence-electron chi connectivity index (χ0n) is 14.3. The Balaban J connectivity index is 1.71. The van der Waals surface area contributed by atoms with Crippen molar-refractivity contribution >= 4 is 11.6 Å². The van der Waals surface area contributed by atoms with Crippen molar-refractivity contribution in [3.63, 3.8) is 0 Å². The molecule has 1 aliphatic heterocycles. The summed E-state index contributed by atoms with van der Waals surface area (Å²) in [5, 5.41) is 7.44. The summed E-state index contributed by atoms with van der Waals surface area (Å²) in [5.74, 6) is 0.0681. The number of fused-ring (bicyclic) bond motifs is 1. The third kappa shape index (κ3) is 3.01. The van der Waals surface area contributed by atoms with E-state index in [9.17, 15) is 4.79 Å². The van der Waals surface area contributed by atoms with E-state index in [0.717, 1.165) is 36.6 Å². The van der Waals surface area contributed by atoms with E-state index in [0.29, 0.717) is 0 Å². The van der Waals surface area contributed by atoms with Gasteiger partial charge in [0.25, 0.3) is 5.91 Å².